The molecule has 0 aromatic rings. The summed E-state index contributed by atoms with van der Waals surface area (Å²) in [6.07, 6.45) is 11.5. The van der Waals surface area contributed by atoms with E-state index in [2.05, 4.69) is 11.4 Å². The lowest BCUT2D eigenvalue weighted by atomic mass is 9.87. The number of rotatable bonds is 7. The summed E-state index contributed by atoms with van der Waals surface area (Å²) in [4.78, 5) is 0. The molecule has 0 aromatic heterocycles. The predicted octanol–water partition coefficient (Wildman–Crippen LogP) is 3.24. The maximum atomic E-state index is 8.37. The van der Waals surface area contributed by atoms with Crippen molar-refractivity contribution in [2.45, 2.75) is 57.8 Å². The Bertz CT molecular complexity index is 177. The summed E-state index contributed by atoms with van der Waals surface area (Å²) in [5.41, 5.74) is 0. The lowest BCUT2D eigenvalue weighted by molar-refractivity contribution is 0.334. The van der Waals surface area contributed by atoms with E-state index < -0.39 is 0 Å². The van der Waals surface area contributed by atoms with Crippen LogP contribution >= 0.6 is 0 Å². The summed E-state index contributed by atoms with van der Waals surface area (Å²) < 4.78 is 0. The van der Waals surface area contributed by atoms with E-state index in [0.29, 0.717) is 6.42 Å². The number of nitrogens with zero attached hydrogens (tertiary/aromatic N) is 1. The van der Waals surface area contributed by atoms with Crippen LogP contribution in [0.1, 0.15) is 57.8 Å². The maximum Gasteiger partial charge on any atom is 0.0621 e. The normalized spacial score (nSPS) is 17.5. The van der Waals surface area contributed by atoms with Gasteiger partial charge in [0.05, 0.1) is 6.07 Å². The van der Waals surface area contributed by atoms with Crippen LogP contribution in [0.4, 0.5) is 0 Å². The van der Waals surface area contributed by atoms with Gasteiger partial charge in [-0.2, -0.15) is 5.26 Å². The van der Waals surface area contributed by atoms with Gasteiger partial charge in [-0.15, -0.1) is 0 Å². The molecule has 0 aliphatic heterocycles. The first-order valence-electron chi connectivity index (χ1n) is 6.51. The molecule has 1 aliphatic rings. The van der Waals surface area contributed by atoms with Crippen LogP contribution in [0.2, 0.25) is 0 Å². The second kappa shape index (κ2) is 8.73. The van der Waals surface area contributed by atoms with Crippen LogP contribution in [0, 0.1) is 17.2 Å². The Balaban J connectivity index is 1.82. The summed E-state index contributed by atoms with van der Waals surface area (Å²) in [6.45, 7) is 2.27. The summed E-state index contributed by atoms with van der Waals surface area (Å²) in [5, 5.41) is 11.9. The fourth-order valence-electron chi connectivity index (χ4n) is 2.36. The van der Waals surface area contributed by atoms with Crippen molar-refractivity contribution in [3.8, 4) is 6.07 Å². The van der Waals surface area contributed by atoms with Gasteiger partial charge in [-0.25, -0.2) is 0 Å². The van der Waals surface area contributed by atoms with Gasteiger partial charge in [-0.3, -0.25) is 0 Å². The summed E-state index contributed by atoms with van der Waals surface area (Å²) in [6, 6.07) is 2.18. The second-order valence-electron chi connectivity index (χ2n) is 4.66. The van der Waals surface area contributed by atoms with Crippen LogP contribution in [0.25, 0.3) is 0 Å². The van der Waals surface area contributed by atoms with Crippen molar-refractivity contribution in [3.05, 3.63) is 0 Å². The molecule has 0 radical (unpaired) electrons. The Morgan fingerprint density at radius 2 is 1.87 bits per heavy atom. The molecule has 1 saturated carbocycles. The molecule has 0 unspecified atom stereocenters. The Morgan fingerprint density at radius 3 is 2.60 bits per heavy atom. The van der Waals surface area contributed by atoms with Crippen LogP contribution in [0.3, 0.4) is 0 Å². The summed E-state index contributed by atoms with van der Waals surface area (Å²) in [7, 11) is 0. The van der Waals surface area contributed by atoms with E-state index in [1.165, 1.54) is 45.1 Å². The number of unbranched alkanes of at least 4 members (excludes halogenated alkanes) is 2. The van der Waals surface area contributed by atoms with Crippen molar-refractivity contribution in [2.75, 3.05) is 13.1 Å². The third-order valence-corrected chi connectivity index (χ3v) is 3.35. The van der Waals surface area contributed by atoms with E-state index in [0.717, 1.165) is 25.3 Å². The third-order valence-electron chi connectivity index (χ3n) is 3.35. The first kappa shape index (κ1) is 12.5. The van der Waals surface area contributed by atoms with Crippen molar-refractivity contribution in [2.24, 2.45) is 5.92 Å². The lowest BCUT2D eigenvalue weighted by Crippen LogP contribution is -2.20. The molecule has 0 saturated heterocycles. The van der Waals surface area contributed by atoms with Gasteiger partial charge in [-0.05, 0) is 38.3 Å². The quantitative estimate of drug-likeness (QED) is 0.652. The van der Waals surface area contributed by atoms with Gasteiger partial charge in [0.2, 0.25) is 0 Å². The molecule has 1 fully saturated rings. The monoisotopic (exact) mass is 208 g/mol. The molecule has 0 heterocycles. The molecular formula is C13H24N2. The summed E-state index contributed by atoms with van der Waals surface area (Å²) in [5.74, 6) is 0.991. The van der Waals surface area contributed by atoms with E-state index in [9.17, 15) is 0 Å². The highest BCUT2D eigenvalue weighted by Crippen LogP contribution is 2.25. The Labute approximate surface area is 94.1 Å². The third kappa shape index (κ3) is 6.52. The zero-order valence-electron chi connectivity index (χ0n) is 9.80. The molecule has 2 nitrogen and oxygen atoms in total. The van der Waals surface area contributed by atoms with Crippen LogP contribution in [0.15, 0.2) is 0 Å². The molecule has 2 heteroatoms. The van der Waals surface area contributed by atoms with Crippen LogP contribution in [-0.2, 0) is 0 Å². The Kier molecular flexibility index (Phi) is 7.29. The predicted molar refractivity (Wildman–Crippen MR) is 63.5 cm³/mol. The van der Waals surface area contributed by atoms with Crippen LogP contribution in [0.5, 0.6) is 0 Å². The molecule has 0 amide bonds. The van der Waals surface area contributed by atoms with Crippen LogP contribution < -0.4 is 5.32 Å². The van der Waals surface area contributed by atoms with Crippen molar-refractivity contribution in [1.82, 2.24) is 5.32 Å². The molecular weight excluding hydrogens is 184 g/mol. The number of hydrogen-bond acceptors (Lipinski definition) is 2. The minimum Gasteiger partial charge on any atom is -0.317 e. The van der Waals surface area contributed by atoms with Crippen LogP contribution in [-0.4, -0.2) is 13.1 Å². The Morgan fingerprint density at radius 1 is 1.07 bits per heavy atom. The maximum absolute atomic E-state index is 8.37. The van der Waals surface area contributed by atoms with E-state index in [-0.39, 0.29) is 0 Å². The van der Waals surface area contributed by atoms with Gasteiger partial charge < -0.3 is 5.32 Å². The Hall–Kier alpha value is -0.550. The first-order chi connectivity index (χ1) is 7.43. The van der Waals surface area contributed by atoms with E-state index >= 15 is 0 Å². The minimum atomic E-state index is 0.713. The molecule has 1 N–H and O–H groups in total. The fraction of sp³-hybridized carbons (Fsp3) is 0.923. The van der Waals surface area contributed by atoms with Crippen molar-refractivity contribution in [1.29, 1.82) is 5.26 Å². The average molecular weight is 208 g/mol. The first-order valence-corrected chi connectivity index (χ1v) is 6.51. The zero-order valence-corrected chi connectivity index (χ0v) is 9.80. The number of hydrogen-bond donors (Lipinski definition) is 1. The van der Waals surface area contributed by atoms with Crippen molar-refractivity contribution >= 4 is 0 Å². The van der Waals surface area contributed by atoms with E-state index in [4.69, 9.17) is 5.26 Å². The zero-order chi connectivity index (χ0) is 10.8. The lowest BCUT2D eigenvalue weighted by Gasteiger charge is -2.21. The minimum absolute atomic E-state index is 0.713. The molecule has 0 bridgehead atoms. The standard InChI is InChI=1S/C13H24N2/c14-10-5-2-6-11-15-12-9-13-7-3-1-4-8-13/h13,15H,1-9,11-12H2. The molecule has 86 valence electrons. The van der Waals surface area contributed by atoms with Gasteiger partial charge in [0.1, 0.15) is 0 Å². The van der Waals surface area contributed by atoms with Gasteiger partial charge in [0.25, 0.3) is 0 Å². The van der Waals surface area contributed by atoms with Crippen molar-refractivity contribution in [3.63, 3.8) is 0 Å². The van der Waals surface area contributed by atoms with Crippen molar-refractivity contribution < 1.29 is 0 Å². The second-order valence-corrected chi connectivity index (χ2v) is 4.66. The molecule has 1 rings (SSSR count). The summed E-state index contributed by atoms with van der Waals surface area (Å²) >= 11 is 0. The number of nitriles is 1. The largest absolute Gasteiger partial charge is 0.317 e. The van der Waals surface area contributed by atoms with Gasteiger partial charge in [0.15, 0.2) is 0 Å². The fourth-order valence-corrected chi connectivity index (χ4v) is 2.36. The average Bonchev–Trinajstić information content (AvgIpc) is 2.29. The number of nitrogens with one attached hydrogen (secondary N) is 1. The highest BCUT2D eigenvalue weighted by atomic mass is 14.8. The topological polar surface area (TPSA) is 35.8 Å². The molecule has 0 aromatic carbocycles. The molecule has 15 heavy (non-hydrogen) atoms. The van der Waals surface area contributed by atoms with Gasteiger partial charge >= 0.3 is 0 Å². The molecule has 1 aliphatic carbocycles. The molecule has 0 spiro atoms. The molecule has 0 atom stereocenters. The van der Waals surface area contributed by atoms with Gasteiger partial charge in [-0.1, -0.05) is 32.1 Å². The SMILES string of the molecule is N#CCCCCNCCC1CCCCC1. The van der Waals surface area contributed by atoms with E-state index in [1.54, 1.807) is 0 Å². The highest BCUT2D eigenvalue weighted by molar-refractivity contribution is 4.69. The van der Waals surface area contributed by atoms with Gasteiger partial charge in [0, 0.05) is 6.42 Å². The smallest absolute Gasteiger partial charge is 0.0621 e. The van der Waals surface area contributed by atoms with E-state index in [1.807, 2.05) is 0 Å². The highest BCUT2D eigenvalue weighted by Gasteiger charge is 2.12.